The number of amides is 3. The molecule has 6 aromatic rings. The predicted octanol–water partition coefficient (Wildman–Crippen LogP) is 10.7. The zero-order valence-corrected chi connectivity index (χ0v) is 36.7. The highest BCUT2D eigenvalue weighted by Gasteiger charge is 2.30. The number of carbonyl (C=O) groups is 3. The highest BCUT2D eigenvalue weighted by molar-refractivity contribution is 7.83. The minimum atomic E-state index is -1.88. The molecule has 1 aromatic heterocycles. The van der Waals surface area contributed by atoms with Crippen LogP contribution in [0.4, 0.5) is 0 Å². The number of aromatic nitrogens is 2. The lowest BCUT2D eigenvalue weighted by Crippen LogP contribution is -2.36. The summed E-state index contributed by atoms with van der Waals surface area (Å²) in [5, 5.41) is 7.57. The second kappa shape index (κ2) is 19.4. The Morgan fingerprint density at radius 2 is 1.59 bits per heavy atom. The first-order valence-corrected chi connectivity index (χ1v) is 21.9. The predicted molar refractivity (Wildman–Crippen MR) is 238 cm³/mol. The lowest BCUT2D eigenvalue weighted by molar-refractivity contribution is 0.0729. The smallest absolute Gasteiger partial charge is 0.276 e. The van der Waals surface area contributed by atoms with Crippen molar-refractivity contribution >= 4 is 74.3 Å². The van der Waals surface area contributed by atoms with Gasteiger partial charge in [-0.25, -0.2) is 8.89 Å². The molecule has 1 aliphatic rings. The number of unbranched alkanes of at least 4 members (excludes halogenated alkanes) is 1. The van der Waals surface area contributed by atoms with Crippen molar-refractivity contribution in [1.29, 1.82) is 0 Å². The van der Waals surface area contributed by atoms with Crippen LogP contribution in [0.25, 0.3) is 16.5 Å². The molecule has 2 heterocycles. The summed E-state index contributed by atoms with van der Waals surface area (Å²) >= 11 is 19.4. The third-order valence-corrected chi connectivity index (χ3v) is 12.4. The van der Waals surface area contributed by atoms with Crippen LogP contribution in [0.2, 0.25) is 15.1 Å². The molecule has 0 bridgehead atoms. The Morgan fingerprint density at radius 3 is 2.34 bits per heavy atom. The van der Waals surface area contributed by atoms with Crippen molar-refractivity contribution in [2.75, 3.05) is 13.1 Å². The third-order valence-electron chi connectivity index (χ3n) is 10.2. The molecule has 1 aliphatic heterocycles. The zero-order chi connectivity index (χ0) is 42.4. The maximum atomic E-state index is 14.6. The Bertz CT molecular complexity index is 2570. The van der Waals surface area contributed by atoms with E-state index in [2.05, 4.69) is 10.8 Å². The lowest BCUT2D eigenvalue weighted by atomic mass is 9.98. The van der Waals surface area contributed by atoms with Gasteiger partial charge in [-0.05, 0) is 96.6 Å². The molecule has 0 saturated heterocycles. The van der Waals surface area contributed by atoms with Gasteiger partial charge < -0.3 is 9.80 Å². The van der Waals surface area contributed by atoms with Gasteiger partial charge in [0.15, 0.2) is 16.7 Å². The number of rotatable bonds is 11. The Morgan fingerprint density at radius 1 is 0.847 bits per heavy atom. The van der Waals surface area contributed by atoms with Gasteiger partial charge in [0, 0.05) is 31.7 Å². The van der Waals surface area contributed by atoms with Crippen molar-refractivity contribution < 1.29 is 18.6 Å². The maximum Gasteiger partial charge on any atom is 0.276 e. The van der Waals surface area contributed by atoms with Gasteiger partial charge in [-0.1, -0.05) is 122 Å². The molecular weight excluding hydrogens is 825 g/mol. The van der Waals surface area contributed by atoms with E-state index in [9.17, 15) is 18.6 Å². The van der Waals surface area contributed by atoms with Crippen molar-refractivity contribution in [3.8, 4) is 5.69 Å². The number of aryl methyl sites for hydroxylation is 1. The van der Waals surface area contributed by atoms with Crippen molar-refractivity contribution in [3.05, 3.63) is 157 Å². The molecule has 1 atom stereocenters. The summed E-state index contributed by atoms with van der Waals surface area (Å²) in [5.41, 5.74) is 5.17. The SMILES string of the molecule is CC.CCCCN(Cc1ccc(Cl)c(Cl)c1)C(=O)c1nn(-c2ccc(C(=O)NS(=O)c3ccc4ccc(C)cc4c3)cc2C(=O)N2CCc3ccccc3C2)c(C)c1Cl. The number of nitrogens with zero attached hydrogens (tertiary/aromatic N) is 4. The molecule has 1 N–H and O–H groups in total. The highest BCUT2D eigenvalue weighted by atomic mass is 35.5. The largest absolute Gasteiger partial charge is 0.334 e. The van der Waals surface area contributed by atoms with Crippen LogP contribution in [0, 0.1) is 13.8 Å². The van der Waals surface area contributed by atoms with E-state index >= 15 is 0 Å². The van der Waals surface area contributed by atoms with Gasteiger partial charge in [0.05, 0.1) is 36.9 Å². The fourth-order valence-electron chi connectivity index (χ4n) is 7.00. The summed E-state index contributed by atoms with van der Waals surface area (Å²) in [6, 6.07) is 29.2. The van der Waals surface area contributed by atoms with Gasteiger partial charge in [0.2, 0.25) is 0 Å². The normalized spacial score (nSPS) is 12.6. The van der Waals surface area contributed by atoms with Crippen molar-refractivity contribution in [2.24, 2.45) is 0 Å². The first-order chi connectivity index (χ1) is 28.4. The standard InChI is InChI=1S/C44H40Cl3N5O4S.C2H6/c1-4-5-19-50(25-29-11-16-37(45)38(46)22-29)44(55)41-40(47)28(3)52(48-41)39-17-14-32(24-36(39)43(54)51-20-18-30-8-6-7-9-33(30)26-51)42(53)49-57(56)35-15-13-31-12-10-27(2)21-34(31)23-35;1-2/h6-17,21-24H,4-5,18-20,25-26H2,1-3H3,(H,49,53);1-2H3. The number of hydrogen-bond donors (Lipinski definition) is 1. The first-order valence-electron chi connectivity index (χ1n) is 19.6. The number of carbonyl (C=O) groups excluding carboxylic acids is 3. The van der Waals surface area contributed by atoms with Gasteiger partial charge in [-0.2, -0.15) is 5.10 Å². The topological polar surface area (TPSA) is 105 Å². The molecule has 0 saturated carbocycles. The molecule has 0 spiro atoms. The molecule has 1 unspecified atom stereocenters. The molecule has 7 rings (SSSR count). The van der Waals surface area contributed by atoms with Crippen LogP contribution in [-0.2, 0) is 30.5 Å². The maximum absolute atomic E-state index is 14.6. The van der Waals surface area contributed by atoms with Gasteiger partial charge in [-0.15, -0.1) is 0 Å². The Labute approximate surface area is 362 Å². The number of nitrogens with one attached hydrogen (secondary N) is 1. The van der Waals surface area contributed by atoms with Crippen LogP contribution < -0.4 is 4.72 Å². The van der Waals surface area contributed by atoms with Crippen LogP contribution in [0.15, 0.2) is 102 Å². The molecule has 9 nitrogen and oxygen atoms in total. The second-order valence-corrected chi connectivity index (χ2v) is 16.6. The third kappa shape index (κ3) is 9.73. The van der Waals surface area contributed by atoms with Crippen molar-refractivity contribution in [3.63, 3.8) is 0 Å². The Hall–Kier alpha value is -5.00. The lowest BCUT2D eigenvalue weighted by Gasteiger charge is -2.29. The number of halogens is 3. The van der Waals surface area contributed by atoms with Crippen LogP contribution in [0.5, 0.6) is 0 Å². The van der Waals surface area contributed by atoms with Crippen LogP contribution in [-0.4, -0.2) is 54.6 Å². The molecular formula is C46H46Cl3N5O4S. The molecule has 0 radical (unpaired) electrons. The number of fused-ring (bicyclic) bond motifs is 2. The van der Waals surface area contributed by atoms with E-state index in [1.807, 2.05) is 76.2 Å². The van der Waals surface area contributed by atoms with E-state index < -0.39 is 16.9 Å². The number of hydrogen-bond acceptors (Lipinski definition) is 5. The van der Waals surface area contributed by atoms with Crippen molar-refractivity contribution in [1.82, 2.24) is 24.3 Å². The summed E-state index contributed by atoms with van der Waals surface area (Å²) < 4.78 is 17.6. The van der Waals surface area contributed by atoms with Gasteiger partial charge in [0.1, 0.15) is 0 Å². The van der Waals surface area contributed by atoms with Crippen LogP contribution >= 0.6 is 34.8 Å². The fraction of sp³-hybridized carbons (Fsp3) is 0.261. The summed E-state index contributed by atoms with van der Waals surface area (Å²) in [6.45, 7) is 11.3. The summed E-state index contributed by atoms with van der Waals surface area (Å²) in [7, 11) is -1.88. The van der Waals surface area contributed by atoms with Gasteiger partial charge in [-0.3, -0.25) is 19.1 Å². The molecule has 3 amide bonds. The summed E-state index contributed by atoms with van der Waals surface area (Å²) in [6.07, 6.45) is 2.27. The molecule has 59 heavy (non-hydrogen) atoms. The van der Waals surface area contributed by atoms with E-state index in [1.165, 1.54) is 16.3 Å². The summed E-state index contributed by atoms with van der Waals surface area (Å²) in [5.74, 6) is -1.34. The van der Waals surface area contributed by atoms with Crippen LogP contribution in [0.1, 0.15) is 92.8 Å². The molecule has 0 aliphatic carbocycles. The van der Waals surface area contributed by atoms with Gasteiger partial charge >= 0.3 is 0 Å². The Kier molecular flexibility index (Phi) is 14.3. The summed E-state index contributed by atoms with van der Waals surface area (Å²) in [4.78, 5) is 46.3. The highest BCUT2D eigenvalue weighted by Crippen LogP contribution is 2.30. The van der Waals surface area contributed by atoms with Crippen molar-refractivity contribution in [2.45, 2.75) is 71.9 Å². The monoisotopic (exact) mass is 869 g/mol. The van der Waals surface area contributed by atoms with E-state index in [0.29, 0.717) is 52.4 Å². The average Bonchev–Trinajstić information content (AvgIpc) is 3.55. The van der Waals surface area contributed by atoms with E-state index in [-0.39, 0.29) is 40.2 Å². The van der Waals surface area contributed by atoms with E-state index in [4.69, 9.17) is 39.9 Å². The molecule has 5 aromatic carbocycles. The van der Waals surface area contributed by atoms with Gasteiger partial charge in [0.25, 0.3) is 17.7 Å². The fourth-order valence-corrected chi connectivity index (χ4v) is 8.35. The first kappa shape index (κ1) is 43.6. The van der Waals surface area contributed by atoms with E-state index in [0.717, 1.165) is 40.3 Å². The van der Waals surface area contributed by atoms with Crippen LogP contribution in [0.3, 0.4) is 0 Å². The zero-order valence-electron chi connectivity index (χ0n) is 33.7. The second-order valence-electron chi connectivity index (χ2n) is 14.2. The molecule has 0 fully saturated rings. The number of benzene rings is 5. The quantitative estimate of drug-likeness (QED) is 0.140. The molecule has 13 heteroatoms. The minimum absolute atomic E-state index is 0.0263. The Balaban J connectivity index is 0.00000288. The minimum Gasteiger partial charge on any atom is -0.334 e. The van der Waals surface area contributed by atoms with E-state index in [1.54, 1.807) is 53.1 Å². The average molecular weight is 871 g/mol. The molecule has 306 valence electrons.